The lowest BCUT2D eigenvalue weighted by molar-refractivity contribution is 0.101. The SMILES string of the molecule is O=C(Nc1cccc(C(=O)Nc2cccc(C(=O)Nc3cccc(P(=O)(O)O)c3)c2)c1)Nc1cccc(C(=O)Nc2cccc(C(=O)Nc3cccc(P(=O)(O)O)c3)c2)c1. The highest BCUT2D eigenvalue weighted by Gasteiger charge is 2.20. The number of rotatable bonds is 12. The molecule has 0 radical (unpaired) electrons. The number of amides is 6. The van der Waals surface area contributed by atoms with Crippen LogP contribution < -0.4 is 42.5 Å². The third-order valence-corrected chi connectivity index (χ3v) is 10.3. The average Bonchev–Trinajstić information content (AvgIpc) is 3.21. The summed E-state index contributed by atoms with van der Waals surface area (Å²) in [5.74, 6) is -2.27. The van der Waals surface area contributed by atoms with E-state index in [0.29, 0.717) is 0 Å². The van der Waals surface area contributed by atoms with Crippen LogP contribution in [0, 0.1) is 0 Å². The highest BCUT2D eigenvalue weighted by Crippen LogP contribution is 2.34. The van der Waals surface area contributed by atoms with E-state index in [1.54, 1.807) is 48.5 Å². The van der Waals surface area contributed by atoms with Gasteiger partial charge in [0.05, 0.1) is 10.6 Å². The quantitative estimate of drug-likeness (QED) is 0.0643. The van der Waals surface area contributed by atoms with Crippen molar-refractivity contribution in [3.8, 4) is 0 Å². The maximum absolute atomic E-state index is 13.2. The predicted octanol–water partition coefficient (Wildman–Crippen LogP) is 5.95. The summed E-state index contributed by atoms with van der Waals surface area (Å²) in [6, 6.07) is 34.0. The van der Waals surface area contributed by atoms with E-state index >= 15 is 0 Å². The van der Waals surface area contributed by atoms with E-state index in [1.807, 2.05) is 0 Å². The summed E-state index contributed by atoms with van der Waals surface area (Å²) >= 11 is 0. The van der Waals surface area contributed by atoms with E-state index in [2.05, 4.69) is 31.9 Å². The van der Waals surface area contributed by atoms with Crippen molar-refractivity contribution in [2.24, 2.45) is 0 Å². The molecule has 0 unspecified atom stereocenters. The van der Waals surface area contributed by atoms with E-state index in [0.717, 1.165) is 0 Å². The van der Waals surface area contributed by atoms with Crippen molar-refractivity contribution in [2.45, 2.75) is 0 Å². The Bertz CT molecular complexity index is 2570. The summed E-state index contributed by atoms with van der Waals surface area (Å²) < 4.78 is 23.2. The first-order chi connectivity index (χ1) is 28.5. The maximum atomic E-state index is 13.2. The molecule has 6 aromatic carbocycles. The van der Waals surface area contributed by atoms with Crippen LogP contribution in [0.5, 0.6) is 0 Å². The first kappa shape index (κ1) is 42.4. The predicted molar refractivity (Wildman–Crippen MR) is 226 cm³/mol. The molecule has 0 aliphatic carbocycles. The van der Waals surface area contributed by atoms with Gasteiger partial charge >= 0.3 is 21.2 Å². The van der Waals surface area contributed by atoms with Gasteiger partial charge in [0.15, 0.2) is 0 Å². The number of nitrogens with one attached hydrogen (secondary N) is 6. The van der Waals surface area contributed by atoms with Crippen molar-refractivity contribution in [3.63, 3.8) is 0 Å². The van der Waals surface area contributed by atoms with E-state index in [9.17, 15) is 52.7 Å². The topological polar surface area (TPSA) is 273 Å². The smallest absolute Gasteiger partial charge is 0.322 e. The molecule has 0 aliphatic heterocycles. The molecule has 304 valence electrons. The number of benzene rings is 6. The fraction of sp³-hybridized carbons (Fsp3) is 0. The second-order valence-electron chi connectivity index (χ2n) is 12.9. The zero-order valence-electron chi connectivity index (χ0n) is 30.9. The van der Waals surface area contributed by atoms with Crippen molar-refractivity contribution in [1.29, 1.82) is 0 Å². The molecular formula is C41H34N6O11P2. The lowest BCUT2D eigenvalue weighted by Gasteiger charge is -2.12. The van der Waals surface area contributed by atoms with Crippen LogP contribution in [0.1, 0.15) is 41.4 Å². The van der Waals surface area contributed by atoms with Crippen LogP contribution in [0.2, 0.25) is 0 Å². The number of carbonyl (C=O) groups excluding carboxylic acids is 5. The molecule has 19 heteroatoms. The Morgan fingerprint density at radius 2 is 0.567 bits per heavy atom. The first-order valence-electron chi connectivity index (χ1n) is 17.6. The summed E-state index contributed by atoms with van der Waals surface area (Å²) in [6.07, 6.45) is 0. The van der Waals surface area contributed by atoms with Gasteiger partial charge in [0.25, 0.3) is 23.6 Å². The van der Waals surface area contributed by atoms with Gasteiger partial charge in [-0.1, -0.05) is 36.4 Å². The molecule has 0 aromatic heterocycles. The Kier molecular flexibility index (Phi) is 12.8. The highest BCUT2D eigenvalue weighted by atomic mass is 31.2. The fourth-order valence-electron chi connectivity index (χ4n) is 5.59. The van der Waals surface area contributed by atoms with Crippen LogP contribution >= 0.6 is 15.2 Å². The van der Waals surface area contributed by atoms with Crippen molar-refractivity contribution >= 4 is 89.6 Å². The van der Waals surface area contributed by atoms with Crippen LogP contribution in [0.25, 0.3) is 0 Å². The molecule has 60 heavy (non-hydrogen) atoms. The van der Waals surface area contributed by atoms with Gasteiger partial charge in [-0.2, -0.15) is 0 Å². The molecule has 6 amide bonds. The number of anilines is 6. The molecule has 6 rings (SSSR count). The van der Waals surface area contributed by atoms with Crippen LogP contribution in [0.15, 0.2) is 146 Å². The van der Waals surface area contributed by atoms with Crippen LogP contribution in [0.4, 0.5) is 38.9 Å². The van der Waals surface area contributed by atoms with E-state index in [1.165, 1.54) is 97.1 Å². The van der Waals surface area contributed by atoms with E-state index < -0.39 is 44.9 Å². The molecule has 0 spiro atoms. The Labute approximate surface area is 341 Å². The van der Waals surface area contributed by atoms with Crippen LogP contribution in [-0.2, 0) is 9.13 Å². The fourth-order valence-corrected chi connectivity index (χ4v) is 6.76. The lowest BCUT2D eigenvalue weighted by atomic mass is 10.1. The number of hydrogen-bond donors (Lipinski definition) is 10. The molecule has 0 aliphatic rings. The van der Waals surface area contributed by atoms with E-state index in [-0.39, 0.29) is 67.0 Å². The second-order valence-corrected chi connectivity index (χ2v) is 16.1. The van der Waals surface area contributed by atoms with Crippen LogP contribution in [-0.4, -0.2) is 49.2 Å². The Morgan fingerprint density at radius 1 is 0.333 bits per heavy atom. The largest absolute Gasteiger partial charge is 0.356 e. The Hall–Kier alpha value is -7.23. The summed E-state index contributed by atoms with van der Waals surface area (Å²) in [5.41, 5.74) is 2.07. The molecule has 10 N–H and O–H groups in total. The Morgan fingerprint density at radius 3 is 0.833 bits per heavy atom. The molecule has 0 saturated carbocycles. The number of carbonyl (C=O) groups is 5. The molecule has 0 atom stereocenters. The van der Waals surface area contributed by atoms with Crippen molar-refractivity contribution in [3.05, 3.63) is 168 Å². The van der Waals surface area contributed by atoms with Gasteiger partial charge < -0.3 is 51.5 Å². The zero-order valence-corrected chi connectivity index (χ0v) is 32.7. The molecule has 17 nitrogen and oxygen atoms in total. The van der Waals surface area contributed by atoms with Crippen molar-refractivity contribution in [2.75, 3.05) is 31.9 Å². The van der Waals surface area contributed by atoms with Crippen molar-refractivity contribution in [1.82, 2.24) is 0 Å². The zero-order chi connectivity index (χ0) is 43.0. The second kappa shape index (κ2) is 18.1. The summed E-state index contributed by atoms with van der Waals surface area (Å²) in [5, 5.41) is 15.3. The molecule has 0 bridgehead atoms. The molecule has 6 aromatic rings. The minimum absolute atomic E-state index is 0.158. The van der Waals surface area contributed by atoms with Gasteiger partial charge in [-0.25, -0.2) is 4.79 Å². The molecule has 0 fully saturated rings. The summed E-state index contributed by atoms with van der Waals surface area (Å²) in [4.78, 5) is 103. The van der Waals surface area contributed by atoms with Crippen LogP contribution in [0.3, 0.4) is 0 Å². The average molecular weight is 849 g/mol. The minimum atomic E-state index is -4.53. The maximum Gasteiger partial charge on any atom is 0.356 e. The standard InChI is InChI=1S/C41H34N6O11P2/c48-37(42-29-11-1-7-25(19-29)39(50)44-33-15-5-17-35(23-33)59(53,54)55)27-9-3-13-31(21-27)46-41(52)47-32-14-4-10-28(22-32)38(49)43-30-12-2-8-26(20-30)40(51)45-34-16-6-18-36(24-34)60(56,57)58/h1-24H,(H,42,48)(H,43,49)(H,44,50)(H,45,51)(H2,46,47,52)(H2,53,54,55)(H2,56,57,58). The lowest BCUT2D eigenvalue weighted by Crippen LogP contribution is -2.20. The van der Waals surface area contributed by atoms with E-state index in [4.69, 9.17) is 0 Å². The summed E-state index contributed by atoms with van der Waals surface area (Å²) in [7, 11) is -9.06. The van der Waals surface area contributed by atoms with Gasteiger partial charge in [0, 0.05) is 56.4 Å². The van der Waals surface area contributed by atoms with Crippen molar-refractivity contribution < 1.29 is 52.7 Å². The molecule has 0 heterocycles. The third-order valence-electron chi connectivity index (χ3n) is 8.41. The van der Waals surface area contributed by atoms with Gasteiger partial charge in [-0.3, -0.25) is 28.3 Å². The molecule has 0 saturated heterocycles. The first-order valence-corrected chi connectivity index (χ1v) is 20.8. The van der Waals surface area contributed by atoms with Gasteiger partial charge in [0.2, 0.25) is 0 Å². The third kappa shape index (κ3) is 11.5. The van der Waals surface area contributed by atoms with Gasteiger partial charge in [-0.05, 0) is 109 Å². The monoisotopic (exact) mass is 848 g/mol. The normalized spacial score (nSPS) is 11.1. The number of urea groups is 1. The summed E-state index contributed by atoms with van der Waals surface area (Å²) in [6.45, 7) is 0. The number of hydrogen-bond acceptors (Lipinski definition) is 7. The highest BCUT2D eigenvalue weighted by molar-refractivity contribution is 7.60. The molecular weight excluding hydrogens is 814 g/mol. The Balaban J connectivity index is 1.03. The van der Waals surface area contributed by atoms with Gasteiger partial charge in [0.1, 0.15) is 0 Å². The van der Waals surface area contributed by atoms with Gasteiger partial charge in [-0.15, -0.1) is 0 Å². The minimum Gasteiger partial charge on any atom is -0.322 e.